The Bertz CT molecular complexity index is 1000. The molecular formula is C26H31NO4. The second kappa shape index (κ2) is 11.2. The zero-order valence-corrected chi connectivity index (χ0v) is 18.6. The van der Waals surface area contributed by atoms with E-state index in [4.69, 9.17) is 0 Å². The molecule has 0 spiro atoms. The SMILES string of the molecule is C/C=C(\C(C(=O)O)=C(/C)NC(=O)c1ccccc1O)C1CCc2ccccc2C1.CC. The third kappa shape index (κ3) is 5.63. The highest BCUT2D eigenvalue weighted by Gasteiger charge is 2.28. The van der Waals surface area contributed by atoms with Gasteiger partial charge in [-0.05, 0) is 67.9 Å². The van der Waals surface area contributed by atoms with Gasteiger partial charge < -0.3 is 15.5 Å². The van der Waals surface area contributed by atoms with Gasteiger partial charge >= 0.3 is 5.97 Å². The van der Waals surface area contributed by atoms with E-state index in [1.165, 1.54) is 23.3 Å². The van der Waals surface area contributed by atoms with Gasteiger partial charge in [0.25, 0.3) is 5.91 Å². The van der Waals surface area contributed by atoms with Crippen LogP contribution in [0.4, 0.5) is 0 Å². The van der Waals surface area contributed by atoms with Crippen LogP contribution in [-0.2, 0) is 17.6 Å². The minimum atomic E-state index is -1.08. The molecule has 0 bridgehead atoms. The molecule has 3 N–H and O–H groups in total. The molecule has 1 aliphatic rings. The number of phenols is 1. The maximum Gasteiger partial charge on any atom is 0.337 e. The second-order valence-corrected chi connectivity index (χ2v) is 7.23. The minimum absolute atomic E-state index is 0.0676. The summed E-state index contributed by atoms with van der Waals surface area (Å²) in [5.41, 5.74) is 3.75. The molecular weight excluding hydrogens is 390 g/mol. The summed E-state index contributed by atoms with van der Waals surface area (Å²) in [5, 5.41) is 22.4. The number of rotatable bonds is 5. The zero-order valence-electron chi connectivity index (χ0n) is 18.6. The number of hydrogen-bond donors (Lipinski definition) is 3. The van der Waals surface area contributed by atoms with Crippen LogP contribution in [0, 0.1) is 5.92 Å². The molecule has 0 saturated heterocycles. The molecule has 0 fully saturated rings. The van der Waals surface area contributed by atoms with E-state index in [1.807, 2.05) is 39.0 Å². The number of carbonyl (C=O) groups excluding carboxylic acids is 1. The molecule has 0 heterocycles. The van der Waals surface area contributed by atoms with Crippen molar-refractivity contribution < 1.29 is 19.8 Å². The molecule has 2 aromatic rings. The number of allylic oxidation sites excluding steroid dienone is 2. The fraction of sp³-hybridized carbons (Fsp3) is 0.308. The number of aliphatic carboxylic acids is 1. The van der Waals surface area contributed by atoms with Crippen molar-refractivity contribution in [3.63, 3.8) is 0 Å². The van der Waals surface area contributed by atoms with Crippen LogP contribution in [0.2, 0.25) is 0 Å². The van der Waals surface area contributed by atoms with Gasteiger partial charge in [-0.2, -0.15) is 0 Å². The van der Waals surface area contributed by atoms with E-state index in [0.29, 0.717) is 0 Å². The van der Waals surface area contributed by atoms with E-state index >= 15 is 0 Å². The number of carboxylic acids is 1. The molecule has 0 aliphatic heterocycles. The molecule has 5 nitrogen and oxygen atoms in total. The van der Waals surface area contributed by atoms with Crippen molar-refractivity contribution >= 4 is 11.9 Å². The number of phenolic OH excluding ortho intramolecular Hbond substituents is 1. The average molecular weight is 422 g/mol. The number of amides is 1. The van der Waals surface area contributed by atoms with Crippen molar-refractivity contribution in [3.8, 4) is 5.75 Å². The van der Waals surface area contributed by atoms with Crippen molar-refractivity contribution in [1.29, 1.82) is 0 Å². The first-order valence-electron chi connectivity index (χ1n) is 10.7. The summed E-state index contributed by atoms with van der Waals surface area (Å²) in [6.45, 7) is 7.42. The lowest BCUT2D eigenvalue weighted by Gasteiger charge is -2.28. The summed E-state index contributed by atoms with van der Waals surface area (Å²) in [6.07, 6.45) is 4.35. The van der Waals surface area contributed by atoms with Crippen LogP contribution >= 0.6 is 0 Å². The Kier molecular flexibility index (Phi) is 8.62. The topological polar surface area (TPSA) is 86.6 Å². The smallest absolute Gasteiger partial charge is 0.337 e. The number of benzene rings is 2. The molecule has 3 rings (SSSR count). The summed E-state index contributed by atoms with van der Waals surface area (Å²) >= 11 is 0. The van der Waals surface area contributed by atoms with Gasteiger partial charge in [-0.25, -0.2) is 4.79 Å². The van der Waals surface area contributed by atoms with Crippen LogP contribution in [0.5, 0.6) is 5.75 Å². The highest BCUT2D eigenvalue weighted by Crippen LogP contribution is 2.34. The molecule has 1 unspecified atom stereocenters. The lowest BCUT2D eigenvalue weighted by atomic mass is 9.77. The van der Waals surface area contributed by atoms with E-state index < -0.39 is 11.9 Å². The van der Waals surface area contributed by atoms with Gasteiger partial charge in [-0.15, -0.1) is 0 Å². The Hall–Kier alpha value is -3.34. The molecule has 0 saturated carbocycles. The highest BCUT2D eigenvalue weighted by atomic mass is 16.4. The normalized spacial score (nSPS) is 16.3. The number of carbonyl (C=O) groups is 2. The Morgan fingerprint density at radius 2 is 1.65 bits per heavy atom. The number of aryl methyl sites for hydroxylation is 1. The van der Waals surface area contributed by atoms with Crippen LogP contribution in [-0.4, -0.2) is 22.1 Å². The minimum Gasteiger partial charge on any atom is -0.507 e. The van der Waals surface area contributed by atoms with E-state index in [9.17, 15) is 19.8 Å². The summed E-state index contributed by atoms with van der Waals surface area (Å²) < 4.78 is 0. The molecule has 1 amide bonds. The molecule has 0 aromatic heterocycles. The average Bonchev–Trinajstić information content (AvgIpc) is 2.78. The summed E-state index contributed by atoms with van der Waals surface area (Å²) in [4.78, 5) is 24.7. The molecule has 1 atom stereocenters. The van der Waals surface area contributed by atoms with Crippen molar-refractivity contribution in [3.05, 3.63) is 88.1 Å². The Balaban J connectivity index is 0.00000166. The van der Waals surface area contributed by atoms with E-state index in [0.717, 1.165) is 24.8 Å². The van der Waals surface area contributed by atoms with Crippen molar-refractivity contribution in [2.45, 2.75) is 47.0 Å². The first-order chi connectivity index (χ1) is 14.9. The number of aromatic hydroxyl groups is 1. The summed E-state index contributed by atoms with van der Waals surface area (Å²) in [6, 6.07) is 14.4. The molecule has 1 aliphatic carbocycles. The Morgan fingerprint density at radius 3 is 2.26 bits per heavy atom. The fourth-order valence-corrected chi connectivity index (χ4v) is 4.01. The van der Waals surface area contributed by atoms with Crippen LogP contribution in [0.1, 0.15) is 55.6 Å². The Morgan fingerprint density at radius 1 is 1.03 bits per heavy atom. The van der Waals surface area contributed by atoms with E-state index in [1.54, 1.807) is 19.1 Å². The number of nitrogens with one attached hydrogen (secondary N) is 1. The summed E-state index contributed by atoms with van der Waals surface area (Å²) in [7, 11) is 0. The lowest BCUT2D eigenvalue weighted by Crippen LogP contribution is -2.27. The third-order valence-electron chi connectivity index (χ3n) is 5.42. The monoisotopic (exact) mass is 421 g/mol. The standard InChI is InChI=1S/C24H25NO4.C2H6/c1-3-19(18-13-12-16-8-4-5-9-17(16)14-18)22(24(28)29)15(2)25-23(27)20-10-6-7-11-21(20)26;1-2/h3-11,18,26H,12-14H2,1-2H3,(H,25,27)(H,28,29);1-2H3/b19-3-,22-15-;. The van der Waals surface area contributed by atoms with Crippen LogP contribution in [0.3, 0.4) is 0 Å². The number of fused-ring (bicyclic) bond motifs is 1. The first kappa shape index (κ1) is 23.9. The number of hydrogen-bond acceptors (Lipinski definition) is 3. The van der Waals surface area contributed by atoms with Gasteiger partial charge in [0.05, 0.1) is 11.1 Å². The third-order valence-corrected chi connectivity index (χ3v) is 5.42. The molecule has 5 heteroatoms. The van der Waals surface area contributed by atoms with Crippen LogP contribution in [0.25, 0.3) is 0 Å². The maximum absolute atomic E-state index is 12.5. The summed E-state index contributed by atoms with van der Waals surface area (Å²) in [5.74, 6) is -1.70. The largest absolute Gasteiger partial charge is 0.507 e. The Labute approximate surface area is 184 Å². The predicted molar refractivity (Wildman–Crippen MR) is 123 cm³/mol. The second-order valence-electron chi connectivity index (χ2n) is 7.23. The fourth-order valence-electron chi connectivity index (χ4n) is 4.01. The van der Waals surface area contributed by atoms with E-state index in [-0.39, 0.29) is 28.5 Å². The molecule has 2 aromatic carbocycles. The zero-order chi connectivity index (χ0) is 23.0. The lowest BCUT2D eigenvalue weighted by molar-refractivity contribution is -0.132. The van der Waals surface area contributed by atoms with E-state index in [2.05, 4.69) is 17.4 Å². The van der Waals surface area contributed by atoms with Gasteiger partial charge in [0.2, 0.25) is 0 Å². The van der Waals surface area contributed by atoms with Gasteiger partial charge in [0, 0.05) is 5.70 Å². The quantitative estimate of drug-likeness (QED) is 0.454. The van der Waals surface area contributed by atoms with Crippen molar-refractivity contribution in [2.24, 2.45) is 5.92 Å². The highest BCUT2D eigenvalue weighted by molar-refractivity contribution is 5.99. The van der Waals surface area contributed by atoms with Crippen molar-refractivity contribution in [2.75, 3.05) is 0 Å². The maximum atomic E-state index is 12.5. The van der Waals surface area contributed by atoms with Crippen LogP contribution < -0.4 is 5.32 Å². The number of carboxylic acid groups (broad SMARTS) is 1. The van der Waals surface area contributed by atoms with Gasteiger partial charge in [0.1, 0.15) is 5.75 Å². The van der Waals surface area contributed by atoms with Gasteiger partial charge in [-0.1, -0.05) is 56.3 Å². The van der Waals surface area contributed by atoms with Crippen LogP contribution in [0.15, 0.2) is 71.5 Å². The first-order valence-corrected chi connectivity index (χ1v) is 10.7. The molecule has 31 heavy (non-hydrogen) atoms. The van der Waals surface area contributed by atoms with Gasteiger partial charge in [0.15, 0.2) is 0 Å². The molecule has 0 radical (unpaired) electrons. The predicted octanol–water partition coefficient (Wildman–Crippen LogP) is 5.26. The molecule has 164 valence electrons. The van der Waals surface area contributed by atoms with Gasteiger partial charge in [-0.3, -0.25) is 4.79 Å². The number of para-hydroxylation sites is 1. The van der Waals surface area contributed by atoms with Crippen molar-refractivity contribution in [1.82, 2.24) is 5.32 Å².